The first kappa shape index (κ1) is 15.5. The molecule has 2 unspecified atom stereocenters. The molecule has 0 aliphatic carbocycles. The molecule has 1 aromatic heterocycles. The fourth-order valence-corrected chi connectivity index (χ4v) is 2.55. The maximum atomic E-state index is 12.2. The topological polar surface area (TPSA) is 60.9 Å². The average molecular weight is 284 g/mol. The number of hydrogen-bond acceptors (Lipinski definition) is 3. The van der Waals surface area contributed by atoms with Crippen LogP contribution in [0.3, 0.4) is 0 Å². The number of amides is 2. The predicted octanol–water partition coefficient (Wildman–Crippen LogP) is 2.51. The molecular formula is C13H20N2O3S. The van der Waals surface area contributed by atoms with E-state index in [4.69, 9.17) is 5.11 Å². The monoisotopic (exact) mass is 284 g/mol. The lowest BCUT2D eigenvalue weighted by molar-refractivity contribution is -0.141. The van der Waals surface area contributed by atoms with E-state index < -0.39 is 11.9 Å². The molecule has 0 fully saturated rings. The first-order chi connectivity index (χ1) is 8.84. The second-order valence-corrected chi connectivity index (χ2v) is 5.68. The smallest absolute Gasteiger partial charge is 0.320 e. The van der Waals surface area contributed by atoms with Crippen LogP contribution in [0.25, 0.3) is 0 Å². The maximum absolute atomic E-state index is 12.2. The number of hydrogen-bond donors (Lipinski definition) is 1. The lowest BCUT2D eigenvalue weighted by atomic mass is 10.2. The van der Waals surface area contributed by atoms with Crippen LogP contribution in [0, 0.1) is 5.92 Å². The zero-order valence-corrected chi connectivity index (χ0v) is 12.5. The van der Waals surface area contributed by atoms with E-state index >= 15 is 0 Å². The van der Waals surface area contributed by atoms with Crippen molar-refractivity contribution in [2.45, 2.75) is 19.9 Å². The first-order valence-electron chi connectivity index (χ1n) is 6.08. The molecule has 106 valence electrons. The van der Waals surface area contributed by atoms with Crippen LogP contribution in [0.2, 0.25) is 0 Å². The summed E-state index contributed by atoms with van der Waals surface area (Å²) in [6, 6.07) is 3.74. The Kier molecular flexibility index (Phi) is 5.35. The summed E-state index contributed by atoms with van der Waals surface area (Å²) in [4.78, 5) is 27.2. The van der Waals surface area contributed by atoms with E-state index in [2.05, 4.69) is 0 Å². The molecule has 0 saturated carbocycles. The lowest BCUT2D eigenvalue weighted by Gasteiger charge is -2.30. The van der Waals surface area contributed by atoms with Gasteiger partial charge in [0.2, 0.25) is 0 Å². The summed E-state index contributed by atoms with van der Waals surface area (Å²) in [5.41, 5.74) is 0. The Morgan fingerprint density at radius 1 is 1.37 bits per heavy atom. The van der Waals surface area contributed by atoms with Gasteiger partial charge < -0.3 is 14.9 Å². The van der Waals surface area contributed by atoms with Gasteiger partial charge in [-0.25, -0.2) is 4.79 Å². The van der Waals surface area contributed by atoms with Crippen LogP contribution in [0.4, 0.5) is 4.79 Å². The number of carboxylic acid groups (broad SMARTS) is 1. The minimum Gasteiger partial charge on any atom is -0.481 e. The van der Waals surface area contributed by atoms with Crippen LogP contribution in [0.1, 0.15) is 24.8 Å². The highest BCUT2D eigenvalue weighted by Gasteiger charge is 2.23. The third kappa shape index (κ3) is 3.96. The standard InChI is InChI=1S/C13H20N2O3S/c1-9(12(16)17)8-14(3)13(18)15(4)10(2)11-6-5-7-19-11/h5-7,9-10H,8H2,1-4H3,(H,16,17). The van der Waals surface area contributed by atoms with Gasteiger partial charge in [0, 0.05) is 25.5 Å². The molecule has 19 heavy (non-hydrogen) atoms. The number of aliphatic carboxylic acids is 1. The number of carbonyl (C=O) groups excluding carboxylic acids is 1. The third-order valence-electron chi connectivity index (χ3n) is 3.13. The summed E-state index contributed by atoms with van der Waals surface area (Å²) in [5.74, 6) is -1.46. The number of nitrogens with zero attached hydrogens (tertiary/aromatic N) is 2. The Bertz CT molecular complexity index is 433. The third-order valence-corrected chi connectivity index (χ3v) is 4.18. The summed E-state index contributed by atoms with van der Waals surface area (Å²) < 4.78 is 0. The van der Waals surface area contributed by atoms with Gasteiger partial charge in [-0.2, -0.15) is 0 Å². The van der Waals surface area contributed by atoms with Gasteiger partial charge in [-0.05, 0) is 18.4 Å². The molecular weight excluding hydrogens is 264 g/mol. The molecule has 1 rings (SSSR count). The fourth-order valence-electron chi connectivity index (χ4n) is 1.72. The molecule has 0 aliphatic heterocycles. The van der Waals surface area contributed by atoms with Gasteiger partial charge in [-0.3, -0.25) is 4.79 Å². The molecule has 5 nitrogen and oxygen atoms in total. The number of thiophene rings is 1. The second kappa shape index (κ2) is 6.56. The zero-order valence-electron chi connectivity index (χ0n) is 11.7. The van der Waals surface area contributed by atoms with Crippen molar-refractivity contribution < 1.29 is 14.7 Å². The Morgan fingerprint density at radius 3 is 2.47 bits per heavy atom. The van der Waals surface area contributed by atoms with Crippen molar-refractivity contribution in [3.05, 3.63) is 22.4 Å². The van der Waals surface area contributed by atoms with Crippen LogP contribution in [-0.4, -0.2) is 47.5 Å². The van der Waals surface area contributed by atoms with Gasteiger partial charge in [0.15, 0.2) is 0 Å². The zero-order chi connectivity index (χ0) is 14.6. The SMILES string of the molecule is CC(CN(C)C(=O)N(C)C(C)c1cccs1)C(=O)O. The Hall–Kier alpha value is -1.56. The number of urea groups is 1. The summed E-state index contributed by atoms with van der Waals surface area (Å²) >= 11 is 1.60. The van der Waals surface area contributed by atoms with E-state index in [1.54, 1.807) is 37.3 Å². The lowest BCUT2D eigenvalue weighted by Crippen LogP contribution is -2.42. The van der Waals surface area contributed by atoms with E-state index in [0.29, 0.717) is 0 Å². The highest BCUT2D eigenvalue weighted by Crippen LogP contribution is 2.24. The fraction of sp³-hybridized carbons (Fsp3) is 0.538. The molecule has 2 atom stereocenters. The van der Waals surface area contributed by atoms with Crippen molar-refractivity contribution >= 4 is 23.3 Å². The van der Waals surface area contributed by atoms with Gasteiger partial charge in [-0.15, -0.1) is 11.3 Å². The van der Waals surface area contributed by atoms with Crippen molar-refractivity contribution in [2.24, 2.45) is 5.92 Å². The molecule has 0 saturated heterocycles. The molecule has 0 aromatic carbocycles. The Morgan fingerprint density at radius 2 is 2.00 bits per heavy atom. The van der Waals surface area contributed by atoms with E-state index in [1.165, 1.54) is 4.90 Å². The summed E-state index contributed by atoms with van der Waals surface area (Å²) in [6.45, 7) is 3.75. The normalized spacial score (nSPS) is 13.7. The van der Waals surface area contributed by atoms with Crippen LogP contribution in [0.5, 0.6) is 0 Å². The molecule has 2 amide bonds. The van der Waals surface area contributed by atoms with Gasteiger partial charge in [0.1, 0.15) is 0 Å². The van der Waals surface area contributed by atoms with Crippen LogP contribution < -0.4 is 0 Å². The second-order valence-electron chi connectivity index (χ2n) is 4.70. The quantitative estimate of drug-likeness (QED) is 0.903. The minimum atomic E-state index is -0.895. The van der Waals surface area contributed by atoms with Crippen LogP contribution >= 0.6 is 11.3 Å². The molecule has 6 heteroatoms. The average Bonchev–Trinajstić information content (AvgIpc) is 2.89. The number of carbonyl (C=O) groups is 2. The highest BCUT2D eigenvalue weighted by molar-refractivity contribution is 7.10. The van der Waals surface area contributed by atoms with E-state index in [0.717, 1.165) is 4.88 Å². The van der Waals surface area contributed by atoms with E-state index in [9.17, 15) is 9.59 Å². The number of rotatable bonds is 5. The van der Waals surface area contributed by atoms with Gasteiger partial charge >= 0.3 is 12.0 Å². The molecule has 1 aromatic rings. The van der Waals surface area contributed by atoms with Crippen molar-refractivity contribution in [3.8, 4) is 0 Å². The summed E-state index contributed by atoms with van der Waals surface area (Å²) in [5, 5.41) is 10.8. The maximum Gasteiger partial charge on any atom is 0.320 e. The van der Waals surface area contributed by atoms with Crippen LogP contribution in [-0.2, 0) is 4.79 Å². The molecule has 0 spiro atoms. The van der Waals surface area contributed by atoms with Crippen molar-refractivity contribution in [1.82, 2.24) is 9.80 Å². The minimum absolute atomic E-state index is 0.0184. The first-order valence-corrected chi connectivity index (χ1v) is 6.96. The Labute approximate surface area is 117 Å². The van der Waals surface area contributed by atoms with Crippen molar-refractivity contribution in [2.75, 3.05) is 20.6 Å². The van der Waals surface area contributed by atoms with Gasteiger partial charge in [0.05, 0.1) is 12.0 Å². The van der Waals surface area contributed by atoms with Crippen molar-refractivity contribution in [3.63, 3.8) is 0 Å². The molecule has 0 bridgehead atoms. The number of carboxylic acids is 1. The van der Waals surface area contributed by atoms with Gasteiger partial charge in [-0.1, -0.05) is 13.0 Å². The van der Waals surface area contributed by atoms with Crippen LogP contribution in [0.15, 0.2) is 17.5 Å². The summed E-state index contributed by atoms with van der Waals surface area (Å²) in [7, 11) is 3.36. The highest BCUT2D eigenvalue weighted by atomic mass is 32.1. The predicted molar refractivity (Wildman–Crippen MR) is 75.3 cm³/mol. The molecule has 1 heterocycles. The van der Waals surface area contributed by atoms with E-state index in [1.807, 2.05) is 24.4 Å². The van der Waals surface area contributed by atoms with Gasteiger partial charge in [0.25, 0.3) is 0 Å². The van der Waals surface area contributed by atoms with E-state index in [-0.39, 0.29) is 18.6 Å². The summed E-state index contributed by atoms with van der Waals surface area (Å²) in [6.07, 6.45) is 0. The molecule has 1 N–H and O–H groups in total. The molecule has 0 radical (unpaired) electrons. The largest absolute Gasteiger partial charge is 0.481 e. The molecule has 0 aliphatic rings. The Balaban J connectivity index is 2.63. The van der Waals surface area contributed by atoms with Crippen molar-refractivity contribution in [1.29, 1.82) is 0 Å².